The van der Waals surface area contributed by atoms with Crippen molar-refractivity contribution in [2.24, 2.45) is 17.8 Å². The lowest BCUT2D eigenvalue weighted by molar-refractivity contribution is -0.126. The lowest BCUT2D eigenvalue weighted by Crippen LogP contribution is -2.33. The van der Waals surface area contributed by atoms with Crippen molar-refractivity contribution < 1.29 is 4.79 Å². The molecule has 96 valence electrons. The second-order valence-corrected chi connectivity index (χ2v) is 5.70. The second-order valence-electron chi connectivity index (χ2n) is 5.70. The van der Waals surface area contributed by atoms with E-state index in [1.54, 1.807) is 0 Å². The highest BCUT2D eigenvalue weighted by atomic mass is 16.1. The minimum absolute atomic E-state index is 0.227. The van der Waals surface area contributed by atoms with E-state index in [1.165, 1.54) is 19.3 Å². The number of hydrogen-bond acceptors (Lipinski definition) is 2. The molecule has 3 rings (SSSR count). The molecule has 2 aliphatic rings. The van der Waals surface area contributed by atoms with Gasteiger partial charge < -0.3 is 11.1 Å². The Morgan fingerprint density at radius 2 is 2.11 bits per heavy atom. The molecule has 1 aromatic rings. The monoisotopic (exact) mass is 244 g/mol. The molecule has 2 saturated carbocycles. The minimum atomic E-state index is 0.227. The number of nitrogens with two attached hydrogens (primary N) is 1. The van der Waals surface area contributed by atoms with Crippen LogP contribution in [-0.4, -0.2) is 5.91 Å². The van der Waals surface area contributed by atoms with Crippen LogP contribution in [0.15, 0.2) is 24.3 Å². The number of hydrogen-bond donors (Lipinski definition) is 2. The molecule has 18 heavy (non-hydrogen) atoms. The van der Waals surface area contributed by atoms with Gasteiger partial charge in [-0.05, 0) is 42.7 Å². The van der Waals surface area contributed by atoms with Crippen LogP contribution in [0, 0.1) is 17.8 Å². The number of anilines is 1. The van der Waals surface area contributed by atoms with Gasteiger partial charge in [-0.25, -0.2) is 0 Å². The van der Waals surface area contributed by atoms with E-state index in [-0.39, 0.29) is 11.8 Å². The average molecular weight is 244 g/mol. The van der Waals surface area contributed by atoms with Crippen molar-refractivity contribution in [1.82, 2.24) is 5.32 Å². The maximum Gasteiger partial charge on any atom is 0.223 e. The number of carbonyl (C=O) groups is 1. The number of para-hydroxylation sites is 1. The molecular formula is C15H20N2O. The highest BCUT2D eigenvalue weighted by Gasteiger charge is 2.42. The van der Waals surface area contributed by atoms with Gasteiger partial charge >= 0.3 is 0 Å². The van der Waals surface area contributed by atoms with E-state index in [0.717, 1.165) is 23.6 Å². The standard InChI is InChI=1S/C15H20N2O/c16-14-4-2-1-3-12(14)9-17-15(18)13-8-10-5-6-11(13)7-10/h1-4,10-11,13H,5-9,16H2,(H,17,18). The van der Waals surface area contributed by atoms with Gasteiger partial charge in [0.05, 0.1) is 0 Å². The summed E-state index contributed by atoms with van der Waals surface area (Å²) in [7, 11) is 0. The zero-order chi connectivity index (χ0) is 12.5. The van der Waals surface area contributed by atoms with Gasteiger partial charge in [-0.2, -0.15) is 0 Å². The summed E-state index contributed by atoms with van der Waals surface area (Å²) < 4.78 is 0. The van der Waals surface area contributed by atoms with Crippen molar-refractivity contribution in [2.75, 3.05) is 5.73 Å². The molecule has 3 N–H and O–H groups in total. The Hall–Kier alpha value is -1.51. The molecule has 3 nitrogen and oxygen atoms in total. The van der Waals surface area contributed by atoms with Crippen molar-refractivity contribution >= 4 is 11.6 Å². The van der Waals surface area contributed by atoms with E-state index in [4.69, 9.17) is 5.73 Å². The van der Waals surface area contributed by atoms with Crippen molar-refractivity contribution in [3.05, 3.63) is 29.8 Å². The van der Waals surface area contributed by atoms with Gasteiger partial charge in [0.2, 0.25) is 5.91 Å². The quantitative estimate of drug-likeness (QED) is 0.802. The third kappa shape index (κ3) is 2.09. The van der Waals surface area contributed by atoms with Crippen molar-refractivity contribution in [2.45, 2.75) is 32.2 Å². The third-order valence-corrected chi connectivity index (χ3v) is 4.58. The predicted octanol–water partition coefficient (Wildman–Crippen LogP) is 2.32. The molecule has 0 radical (unpaired) electrons. The van der Waals surface area contributed by atoms with E-state index in [1.807, 2.05) is 24.3 Å². The first-order valence-electron chi connectivity index (χ1n) is 6.85. The number of nitrogen functional groups attached to an aromatic ring is 1. The van der Waals surface area contributed by atoms with Crippen molar-refractivity contribution in [3.63, 3.8) is 0 Å². The van der Waals surface area contributed by atoms with Gasteiger partial charge in [-0.15, -0.1) is 0 Å². The first-order valence-corrected chi connectivity index (χ1v) is 6.85. The molecule has 0 heterocycles. The fraction of sp³-hybridized carbons (Fsp3) is 0.533. The van der Waals surface area contributed by atoms with Crippen LogP contribution in [0.3, 0.4) is 0 Å². The second kappa shape index (κ2) is 4.63. The van der Waals surface area contributed by atoms with Crippen LogP contribution in [0.5, 0.6) is 0 Å². The van der Waals surface area contributed by atoms with Crippen LogP contribution < -0.4 is 11.1 Å². The van der Waals surface area contributed by atoms with Gasteiger partial charge in [-0.3, -0.25) is 4.79 Å². The molecular weight excluding hydrogens is 224 g/mol. The lowest BCUT2D eigenvalue weighted by atomic mass is 9.88. The van der Waals surface area contributed by atoms with Gasteiger partial charge in [0.15, 0.2) is 0 Å². The maximum atomic E-state index is 12.2. The Morgan fingerprint density at radius 1 is 1.28 bits per heavy atom. The summed E-state index contributed by atoms with van der Waals surface area (Å²) in [5.41, 5.74) is 7.63. The van der Waals surface area contributed by atoms with Crippen molar-refractivity contribution in [1.29, 1.82) is 0 Å². The molecule has 1 amide bonds. The van der Waals surface area contributed by atoms with E-state index < -0.39 is 0 Å². The Morgan fingerprint density at radius 3 is 2.78 bits per heavy atom. The zero-order valence-electron chi connectivity index (χ0n) is 10.6. The molecule has 0 aliphatic heterocycles. The van der Waals surface area contributed by atoms with Gasteiger partial charge in [-0.1, -0.05) is 24.6 Å². The van der Waals surface area contributed by atoms with Crippen LogP contribution in [0.4, 0.5) is 5.69 Å². The van der Waals surface area contributed by atoms with Gasteiger partial charge in [0.1, 0.15) is 0 Å². The first-order chi connectivity index (χ1) is 8.74. The summed E-state index contributed by atoms with van der Waals surface area (Å²) in [5.74, 6) is 1.94. The molecule has 0 saturated heterocycles. The fourth-order valence-electron chi connectivity index (χ4n) is 3.57. The molecule has 2 bridgehead atoms. The summed E-state index contributed by atoms with van der Waals surface area (Å²) in [6.07, 6.45) is 4.95. The number of fused-ring (bicyclic) bond motifs is 2. The number of nitrogens with one attached hydrogen (secondary N) is 1. The average Bonchev–Trinajstić information content (AvgIpc) is 2.99. The van der Waals surface area contributed by atoms with Crippen LogP contribution >= 0.6 is 0 Å². The molecule has 3 unspecified atom stereocenters. The topological polar surface area (TPSA) is 55.1 Å². The third-order valence-electron chi connectivity index (χ3n) is 4.58. The Kier molecular flexibility index (Phi) is 2.98. The van der Waals surface area contributed by atoms with Gasteiger partial charge in [0, 0.05) is 18.2 Å². The molecule has 0 spiro atoms. The Bertz CT molecular complexity index is 458. The first kappa shape index (κ1) is 11.6. The summed E-state index contributed by atoms with van der Waals surface area (Å²) in [5, 5.41) is 3.05. The van der Waals surface area contributed by atoms with Crippen LogP contribution in [0.1, 0.15) is 31.2 Å². The molecule has 3 atom stereocenters. The number of rotatable bonds is 3. The normalized spacial score (nSPS) is 29.4. The summed E-state index contributed by atoms with van der Waals surface area (Å²) in [6.45, 7) is 0.555. The molecule has 3 heteroatoms. The van der Waals surface area contributed by atoms with Crippen LogP contribution in [0.25, 0.3) is 0 Å². The molecule has 1 aromatic carbocycles. The van der Waals surface area contributed by atoms with E-state index >= 15 is 0 Å². The SMILES string of the molecule is Nc1ccccc1CNC(=O)C1CC2CCC1C2. The Balaban J connectivity index is 1.58. The highest BCUT2D eigenvalue weighted by molar-refractivity contribution is 5.79. The predicted molar refractivity (Wildman–Crippen MR) is 71.6 cm³/mol. The summed E-state index contributed by atoms with van der Waals surface area (Å²) >= 11 is 0. The highest BCUT2D eigenvalue weighted by Crippen LogP contribution is 2.48. The molecule has 0 aromatic heterocycles. The van der Waals surface area contributed by atoms with Gasteiger partial charge in [0.25, 0.3) is 0 Å². The minimum Gasteiger partial charge on any atom is -0.398 e. The van der Waals surface area contributed by atoms with Crippen LogP contribution in [0.2, 0.25) is 0 Å². The maximum absolute atomic E-state index is 12.2. The Labute approximate surface area is 108 Å². The zero-order valence-corrected chi connectivity index (χ0v) is 10.6. The summed E-state index contributed by atoms with van der Waals surface area (Å²) in [4.78, 5) is 12.2. The molecule has 2 aliphatic carbocycles. The smallest absolute Gasteiger partial charge is 0.223 e. The fourth-order valence-corrected chi connectivity index (χ4v) is 3.57. The number of benzene rings is 1. The number of amides is 1. The largest absolute Gasteiger partial charge is 0.398 e. The molecule has 2 fully saturated rings. The van der Waals surface area contributed by atoms with Crippen LogP contribution in [-0.2, 0) is 11.3 Å². The van der Waals surface area contributed by atoms with Crippen molar-refractivity contribution in [3.8, 4) is 0 Å². The van der Waals surface area contributed by atoms with E-state index in [9.17, 15) is 4.79 Å². The lowest BCUT2D eigenvalue weighted by Gasteiger charge is -2.21. The van der Waals surface area contributed by atoms with E-state index in [2.05, 4.69) is 5.32 Å². The van der Waals surface area contributed by atoms with E-state index in [0.29, 0.717) is 12.5 Å². The number of carbonyl (C=O) groups excluding carboxylic acids is 1. The summed E-state index contributed by atoms with van der Waals surface area (Å²) in [6, 6.07) is 7.71.